The molecule has 1 aliphatic rings. The molecule has 0 unspecified atom stereocenters. The van der Waals surface area contributed by atoms with E-state index >= 15 is 4.39 Å². The zero-order valence-corrected chi connectivity index (χ0v) is 26.4. The number of hydrogen-bond donors (Lipinski definition) is 2. The number of aromatic nitrogens is 1. The van der Waals surface area contributed by atoms with Crippen LogP contribution in [0.4, 0.5) is 20.2 Å². The van der Waals surface area contributed by atoms with Crippen LogP contribution in [0.25, 0.3) is 10.9 Å². The topological polar surface area (TPSA) is 108 Å². The molecule has 1 aromatic heterocycles. The molecular weight excluding hydrogens is 616 g/mol. The first-order valence-corrected chi connectivity index (χ1v) is 15.8. The van der Waals surface area contributed by atoms with Gasteiger partial charge in [0.05, 0.1) is 26.3 Å². The summed E-state index contributed by atoms with van der Waals surface area (Å²) in [6, 6.07) is 14.4. The van der Waals surface area contributed by atoms with E-state index in [4.69, 9.17) is 18.4 Å². The Morgan fingerprint density at radius 2 is 1.54 bits per heavy atom. The van der Waals surface area contributed by atoms with E-state index in [1.54, 1.807) is 38.6 Å². The van der Waals surface area contributed by atoms with Crippen molar-refractivity contribution in [1.29, 1.82) is 0 Å². The number of carbonyl (C=O) groups is 2. The number of benzene rings is 3. The van der Waals surface area contributed by atoms with Crippen LogP contribution in [0.1, 0.15) is 38.5 Å². The second kappa shape index (κ2) is 15.2. The van der Waals surface area contributed by atoms with E-state index in [9.17, 15) is 14.0 Å². The Morgan fingerprint density at radius 1 is 0.826 bits per heavy atom. The third-order valence-electron chi connectivity index (χ3n) is 7.62. The fourth-order valence-electron chi connectivity index (χ4n) is 4.87. The lowest BCUT2D eigenvalue weighted by Crippen LogP contribution is -2.35. The molecule has 242 valence electrons. The lowest BCUT2D eigenvalue weighted by Gasteiger charge is -2.16. The summed E-state index contributed by atoms with van der Waals surface area (Å²) in [5.41, 5.74) is -0.140. The van der Waals surface area contributed by atoms with Crippen molar-refractivity contribution in [1.82, 2.24) is 4.98 Å². The number of anilines is 2. The minimum Gasteiger partial charge on any atom is -0.493 e. The summed E-state index contributed by atoms with van der Waals surface area (Å²) in [4.78, 5) is 30.3. The molecular formula is C34H35F2N3O6S. The number of ether oxygens (including phenoxy) is 3. The SMILES string of the molecule is COSCCCCCCOc1cc2nccc(Oc3ccc(NC(=O)C4(C(=O)Nc5ccc(F)cc5)CC4)cc3F)c2cc1OC. The number of unbranched alkanes of at least 4 members (excludes halogenated alkanes) is 3. The van der Waals surface area contributed by atoms with Gasteiger partial charge in [-0.25, -0.2) is 8.78 Å². The molecule has 9 nitrogen and oxygen atoms in total. The van der Waals surface area contributed by atoms with Crippen LogP contribution in [-0.2, 0) is 13.8 Å². The molecule has 3 aromatic carbocycles. The van der Waals surface area contributed by atoms with Gasteiger partial charge < -0.3 is 29.0 Å². The van der Waals surface area contributed by atoms with Crippen LogP contribution >= 0.6 is 12.0 Å². The summed E-state index contributed by atoms with van der Waals surface area (Å²) < 4.78 is 50.9. The average Bonchev–Trinajstić information content (AvgIpc) is 3.87. The maximum Gasteiger partial charge on any atom is 0.240 e. The molecule has 0 atom stereocenters. The highest BCUT2D eigenvalue weighted by molar-refractivity contribution is 7.94. The normalized spacial score (nSPS) is 13.2. The van der Waals surface area contributed by atoms with E-state index in [0.29, 0.717) is 53.3 Å². The average molecular weight is 652 g/mol. The van der Waals surface area contributed by atoms with Gasteiger partial charge in [0.1, 0.15) is 17.0 Å². The molecule has 1 fully saturated rings. The minimum absolute atomic E-state index is 0.0659. The van der Waals surface area contributed by atoms with E-state index in [-0.39, 0.29) is 11.4 Å². The van der Waals surface area contributed by atoms with Crippen molar-refractivity contribution in [3.05, 3.63) is 78.5 Å². The van der Waals surface area contributed by atoms with Crippen molar-refractivity contribution in [2.24, 2.45) is 5.41 Å². The molecule has 1 aliphatic carbocycles. The van der Waals surface area contributed by atoms with E-state index in [1.165, 1.54) is 48.4 Å². The van der Waals surface area contributed by atoms with Crippen LogP contribution in [0, 0.1) is 17.0 Å². The van der Waals surface area contributed by atoms with Gasteiger partial charge in [-0.1, -0.05) is 12.8 Å². The third kappa shape index (κ3) is 8.04. The fraction of sp³-hybridized carbons (Fsp3) is 0.324. The molecule has 46 heavy (non-hydrogen) atoms. The number of amides is 2. The van der Waals surface area contributed by atoms with Crippen molar-refractivity contribution in [3.63, 3.8) is 0 Å². The van der Waals surface area contributed by atoms with Crippen LogP contribution in [0.2, 0.25) is 0 Å². The number of fused-ring (bicyclic) bond motifs is 1. The maximum atomic E-state index is 15.2. The summed E-state index contributed by atoms with van der Waals surface area (Å²) in [6.45, 7) is 0.531. The minimum atomic E-state index is -1.28. The van der Waals surface area contributed by atoms with E-state index < -0.39 is 28.9 Å². The van der Waals surface area contributed by atoms with Crippen LogP contribution in [0.15, 0.2) is 66.9 Å². The van der Waals surface area contributed by atoms with Crippen molar-refractivity contribution in [2.45, 2.75) is 38.5 Å². The predicted octanol–water partition coefficient (Wildman–Crippen LogP) is 7.91. The van der Waals surface area contributed by atoms with Crippen molar-refractivity contribution >= 4 is 46.1 Å². The Hall–Kier alpha value is -4.42. The Kier molecular flexibility index (Phi) is 10.9. The van der Waals surface area contributed by atoms with Crippen LogP contribution in [-0.4, -0.2) is 43.4 Å². The number of rotatable bonds is 16. The monoisotopic (exact) mass is 651 g/mol. The second-order valence-electron chi connectivity index (χ2n) is 10.8. The molecule has 4 aromatic rings. The highest BCUT2D eigenvalue weighted by Gasteiger charge is 2.56. The van der Waals surface area contributed by atoms with Crippen molar-refractivity contribution in [3.8, 4) is 23.0 Å². The van der Waals surface area contributed by atoms with Crippen molar-refractivity contribution in [2.75, 3.05) is 37.2 Å². The summed E-state index contributed by atoms with van der Waals surface area (Å²) in [5, 5.41) is 5.89. The first-order valence-electron chi connectivity index (χ1n) is 14.9. The van der Waals surface area contributed by atoms with Crippen LogP contribution < -0.4 is 24.8 Å². The molecule has 0 aliphatic heterocycles. The van der Waals surface area contributed by atoms with Gasteiger partial charge in [-0.2, -0.15) is 0 Å². The number of carbonyl (C=O) groups excluding carboxylic acids is 2. The van der Waals surface area contributed by atoms with Gasteiger partial charge in [0.15, 0.2) is 23.1 Å². The molecule has 12 heteroatoms. The van der Waals surface area contributed by atoms with E-state index in [2.05, 4.69) is 15.6 Å². The molecule has 0 saturated heterocycles. The number of nitrogens with zero attached hydrogens (tertiary/aromatic N) is 1. The van der Waals surface area contributed by atoms with E-state index in [1.807, 2.05) is 0 Å². The molecule has 0 radical (unpaired) electrons. The van der Waals surface area contributed by atoms with Gasteiger partial charge >= 0.3 is 0 Å². The molecule has 2 N–H and O–H groups in total. The Labute approximate surface area is 270 Å². The third-order valence-corrected chi connectivity index (χ3v) is 8.31. The first kappa shape index (κ1) is 33.0. The predicted molar refractivity (Wildman–Crippen MR) is 174 cm³/mol. The van der Waals surface area contributed by atoms with Gasteiger partial charge in [0, 0.05) is 40.8 Å². The Bertz CT molecular complexity index is 1680. The van der Waals surface area contributed by atoms with Crippen LogP contribution in [0.3, 0.4) is 0 Å². The lowest BCUT2D eigenvalue weighted by molar-refractivity contribution is -0.131. The molecule has 1 heterocycles. The number of pyridine rings is 1. The molecule has 0 spiro atoms. The maximum absolute atomic E-state index is 15.2. The Balaban J connectivity index is 1.21. The number of hydrogen-bond acceptors (Lipinski definition) is 8. The number of halogens is 2. The van der Waals surface area contributed by atoms with Gasteiger partial charge in [-0.3, -0.25) is 14.6 Å². The summed E-state index contributed by atoms with van der Waals surface area (Å²) in [7, 11) is 3.22. The summed E-state index contributed by atoms with van der Waals surface area (Å²) >= 11 is 1.46. The second-order valence-corrected chi connectivity index (χ2v) is 11.8. The summed E-state index contributed by atoms with van der Waals surface area (Å²) in [5.74, 6) is 0.115. The van der Waals surface area contributed by atoms with E-state index in [0.717, 1.165) is 37.5 Å². The largest absolute Gasteiger partial charge is 0.493 e. The van der Waals surface area contributed by atoms with Gasteiger partial charge in [-0.15, -0.1) is 0 Å². The number of methoxy groups -OCH3 is 1. The summed E-state index contributed by atoms with van der Waals surface area (Å²) in [6.07, 6.45) is 6.36. The van der Waals surface area contributed by atoms with Gasteiger partial charge in [0.25, 0.3) is 0 Å². The Morgan fingerprint density at radius 3 is 2.24 bits per heavy atom. The molecule has 1 saturated carbocycles. The van der Waals surface area contributed by atoms with Crippen LogP contribution in [0.5, 0.6) is 23.0 Å². The molecule has 0 bridgehead atoms. The smallest absolute Gasteiger partial charge is 0.240 e. The standard InChI is InChI=1S/C34H35F2N3O6S/c1-42-30-20-25-27(21-31(30)44-17-5-3-4-6-18-46-43-2)37-16-13-28(25)45-29-12-11-24(19-26(29)36)39-33(41)34(14-15-34)32(40)38-23-9-7-22(35)8-10-23/h7-13,16,19-21H,3-6,14-15,17-18H2,1-2H3,(H,38,40)(H,39,41). The highest BCUT2D eigenvalue weighted by atomic mass is 32.2. The highest BCUT2D eigenvalue weighted by Crippen LogP contribution is 2.47. The zero-order valence-electron chi connectivity index (χ0n) is 25.6. The number of nitrogens with one attached hydrogen (secondary N) is 2. The molecule has 2 amide bonds. The lowest BCUT2D eigenvalue weighted by atomic mass is 10.0. The van der Waals surface area contributed by atoms with Crippen molar-refractivity contribution < 1.29 is 36.8 Å². The van der Waals surface area contributed by atoms with Gasteiger partial charge in [0.2, 0.25) is 11.8 Å². The van der Waals surface area contributed by atoms with Gasteiger partial charge in [-0.05, 0) is 86.3 Å². The molecule has 5 rings (SSSR count). The first-order chi connectivity index (χ1) is 22.3. The fourth-order valence-corrected chi connectivity index (χ4v) is 5.36. The zero-order chi connectivity index (χ0) is 32.5. The quantitative estimate of drug-likeness (QED) is 0.0715.